The lowest BCUT2D eigenvalue weighted by Gasteiger charge is -2.11. The summed E-state index contributed by atoms with van der Waals surface area (Å²) < 4.78 is 11.3. The number of nitrogens with one attached hydrogen (secondary N) is 1. The molecule has 0 saturated heterocycles. The van der Waals surface area contributed by atoms with E-state index in [9.17, 15) is 9.59 Å². The fourth-order valence-electron chi connectivity index (χ4n) is 2.50. The van der Waals surface area contributed by atoms with Crippen LogP contribution in [0.1, 0.15) is 4.88 Å². The molecule has 1 N–H and O–H groups in total. The molecule has 1 heterocycles. The van der Waals surface area contributed by atoms with Crippen molar-refractivity contribution < 1.29 is 14.3 Å². The van der Waals surface area contributed by atoms with E-state index in [4.69, 9.17) is 9.47 Å². The number of fused-ring (bicyclic) bond motifs is 1. The summed E-state index contributed by atoms with van der Waals surface area (Å²) in [7, 11) is 3.09. The number of ether oxygens (including phenoxy) is 2. The number of hydrogen-bond donors (Lipinski definition) is 1. The van der Waals surface area contributed by atoms with Gasteiger partial charge >= 0.3 is 0 Å². The Morgan fingerprint density at radius 2 is 1.88 bits per heavy atom. The molecule has 1 aromatic heterocycles. The molecule has 0 bridgehead atoms. The molecule has 0 aliphatic rings. The molecule has 0 fully saturated rings. The molecule has 25 heavy (non-hydrogen) atoms. The van der Waals surface area contributed by atoms with Crippen LogP contribution in [-0.4, -0.2) is 20.1 Å². The van der Waals surface area contributed by atoms with Gasteiger partial charge in [0.2, 0.25) is 5.91 Å². The maximum absolute atomic E-state index is 12.4. The molecule has 0 aliphatic heterocycles. The molecule has 0 aliphatic carbocycles. The van der Waals surface area contributed by atoms with Gasteiger partial charge in [0, 0.05) is 21.0 Å². The number of hydrogen-bond acceptors (Lipinski definition) is 5. The van der Waals surface area contributed by atoms with Crippen molar-refractivity contribution in [3.8, 4) is 11.5 Å². The summed E-state index contributed by atoms with van der Waals surface area (Å²) in [5, 5.41) is 3.49. The predicted octanol–water partition coefficient (Wildman–Crippen LogP) is 3.46. The van der Waals surface area contributed by atoms with Gasteiger partial charge in [-0.3, -0.25) is 9.59 Å². The molecule has 1 amide bonds. The number of carbonyl (C=O) groups excluding carboxylic acids is 1. The van der Waals surface area contributed by atoms with Crippen molar-refractivity contribution in [2.75, 3.05) is 19.5 Å². The van der Waals surface area contributed by atoms with E-state index in [0.29, 0.717) is 27.4 Å². The predicted molar refractivity (Wildman–Crippen MR) is 100.0 cm³/mol. The minimum absolute atomic E-state index is 0.0702. The van der Waals surface area contributed by atoms with Gasteiger partial charge < -0.3 is 14.8 Å². The molecule has 6 heteroatoms. The van der Waals surface area contributed by atoms with E-state index >= 15 is 0 Å². The fraction of sp³-hybridized carbons (Fsp3) is 0.158. The summed E-state index contributed by atoms with van der Waals surface area (Å²) in [5.74, 6) is 0.941. The van der Waals surface area contributed by atoms with Crippen LogP contribution in [0.2, 0.25) is 0 Å². The second kappa shape index (κ2) is 7.36. The van der Waals surface area contributed by atoms with Gasteiger partial charge in [-0.1, -0.05) is 12.1 Å². The Hall–Kier alpha value is -2.86. The van der Waals surface area contributed by atoms with Gasteiger partial charge in [0.05, 0.1) is 26.3 Å². The van der Waals surface area contributed by atoms with Crippen molar-refractivity contribution in [3.05, 3.63) is 63.6 Å². The second-order valence-corrected chi connectivity index (χ2v) is 6.53. The van der Waals surface area contributed by atoms with Crippen LogP contribution in [0.15, 0.2) is 53.3 Å². The van der Waals surface area contributed by atoms with Crippen molar-refractivity contribution in [1.82, 2.24) is 0 Å². The molecule has 128 valence electrons. The first-order valence-corrected chi connectivity index (χ1v) is 8.46. The Morgan fingerprint density at radius 3 is 2.64 bits per heavy atom. The van der Waals surface area contributed by atoms with Gasteiger partial charge in [0.1, 0.15) is 11.5 Å². The maximum atomic E-state index is 12.4. The first-order chi connectivity index (χ1) is 12.1. The standard InChI is InChI=1S/C19H17NO4S/c1-23-12-7-8-15(17(9-12)24-2)20-19(22)11-13-10-16(21)14-5-3-4-6-18(14)25-13/h3-10H,11H2,1-2H3,(H,20,22). The number of anilines is 1. The fourth-order valence-corrected chi connectivity index (χ4v) is 3.57. The number of methoxy groups -OCH3 is 2. The number of benzene rings is 2. The quantitative estimate of drug-likeness (QED) is 0.761. The van der Waals surface area contributed by atoms with Gasteiger partial charge in [-0.25, -0.2) is 0 Å². The van der Waals surface area contributed by atoms with Gasteiger partial charge in [-0.05, 0) is 30.3 Å². The minimum atomic E-state index is -0.214. The van der Waals surface area contributed by atoms with E-state index in [-0.39, 0.29) is 17.8 Å². The molecule has 3 rings (SSSR count). The third-order valence-corrected chi connectivity index (χ3v) is 4.80. The average molecular weight is 355 g/mol. The Balaban J connectivity index is 1.80. The molecule has 3 aromatic rings. The van der Waals surface area contributed by atoms with Crippen LogP contribution in [0.3, 0.4) is 0 Å². The normalized spacial score (nSPS) is 10.5. The van der Waals surface area contributed by atoms with Crippen LogP contribution < -0.4 is 20.2 Å². The van der Waals surface area contributed by atoms with Gasteiger partial charge in [-0.15, -0.1) is 11.3 Å². The van der Waals surface area contributed by atoms with Crippen LogP contribution in [0.25, 0.3) is 10.1 Å². The van der Waals surface area contributed by atoms with E-state index in [2.05, 4.69) is 5.32 Å². The number of rotatable bonds is 5. The van der Waals surface area contributed by atoms with Crippen LogP contribution in [0.5, 0.6) is 11.5 Å². The summed E-state index contributed by atoms with van der Waals surface area (Å²) in [6.07, 6.45) is 0.125. The molecule has 0 radical (unpaired) electrons. The molecule has 2 aromatic carbocycles. The Morgan fingerprint density at radius 1 is 1.08 bits per heavy atom. The topological polar surface area (TPSA) is 64.6 Å². The SMILES string of the molecule is COc1ccc(NC(=O)Cc2cc(=O)c3ccccc3s2)c(OC)c1. The van der Waals surface area contributed by atoms with E-state index in [1.54, 1.807) is 31.4 Å². The number of amides is 1. The van der Waals surface area contributed by atoms with Gasteiger partial charge in [0.25, 0.3) is 0 Å². The van der Waals surface area contributed by atoms with Crippen LogP contribution >= 0.6 is 11.3 Å². The van der Waals surface area contributed by atoms with Crippen molar-refractivity contribution in [3.63, 3.8) is 0 Å². The molecular formula is C19H17NO4S. The highest BCUT2D eigenvalue weighted by molar-refractivity contribution is 7.18. The third kappa shape index (κ3) is 3.80. The smallest absolute Gasteiger partial charge is 0.229 e. The van der Waals surface area contributed by atoms with E-state index < -0.39 is 0 Å². The third-order valence-electron chi connectivity index (χ3n) is 3.70. The monoisotopic (exact) mass is 355 g/mol. The minimum Gasteiger partial charge on any atom is -0.497 e. The summed E-state index contributed by atoms with van der Waals surface area (Å²) in [5.41, 5.74) is 0.487. The summed E-state index contributed by atoms with van der Waals surface area (Å²) in [4.78, 5) is 25.2. The lowest BCUT2D eigenvalue weighted by Crippen LogP contribution is -2.15. The zero-order valence-corrected chi connectivity index (χ0v) is 14.7. The van der Waals surface area contributed by atoms with Gasteiger partial charge in [0.15, 0.2) is 5.43 Å². The molecule has 0 saturated carbocycles. The zero-order chi connectivity index (χ0) is 17.8. The van der Waals surface area contributed by atoms with Crippen molar-refractivity contribution in [1.29, 1.82) is 0 Å². The Bertz CT molecular complexity index is 981. The van der Waals surface area contributed by atoms with Crippen LogP contribution in [0, 0.1) is 0 Å². The lowest BCUT2D eigenvalue weighted by molar-refractivity contribution is -0.115. The zero-order valence-electron chi connectivity index (χ0n) is 13.9. The molecule has 5 nitrogen and oxygen atoms in total. The maximum Gasteiger partial charge on any atom is 0.229 e. The lowest BCUT2D eigenvalue weighted by atomic mass is 10.2. The average Bonchev–Trinajstić information content (AvgIpc) is 2.62. The van der Waals surface area contributed by atoms with E-state index in [0.717, 1.165) is 4.70 Å². The Kier molecular flexibility index (Phi) is 5.00. The van der Waals surface area contributed by atoms with Crippen LogP contribution in [-0.2, 0) is 11.2 Å². The Labute approximate surface area is 148 Å². The highest BCUT2D eigenvalue weighted by Gasteiger charge is 2.11. The van der Waals surface area contributed by atoms with Crippen molar-refractivity contribution in [2.24, 2.45) is 0 Å². The number of carbonyl (C=O) groups is 1. The summed E-state index contributed by atoms with van der Waals surface area (Å²) in [6.45, 7) is 0. The van der Waals surface area contributed by atoms with E-state index in [1.165, 1.54) is 24.5 Å². The van der Waals surface area contributed by atoms with Crippen molar-refractivity contribution >= 4 is 33.0 Å². The molecule has 0 atom stereocenters. The second-order valence-electron chi connectivity index (χ2n) is 5.36. The summed E-state index contributed by atoms with van der Waals surface area (Å²) in [6, 6.07) is 14.1. The molecule has 0 spiro atoms. The van der Waals surface area contributed by atoms with E-state index in [1.807, 2.05) is 18.2 Å². The highest BCUT2D eigenvalue weighted by Crippen LogP contribution is 2.29. The van der Waals surface area contributed by atoms with Gasteiger partial charge in [-0.2, -0.15) is 0 Å². The highest BCUT2D eigenvalue weighted by atomic mass is 32.1. The first-order valence-electron chi connectivity index (χ1n) is 7.64. The van der Waals surface area contributed by atoms with Crippen molar-refractivity contribution in [2.45, 2.75) is 6.42 Å². The van der Waals surface area contributed by atoms with Crippen LogP contribution in [0.4, 0.5) is 5.69 Å². The largest absolute Gasteiger partial charge is 0.497 e. The summed E-state index contributed by atoms with van der Waals surface area (Å²) >= 11 is 1.44. The first kappa shape index (κ1) is 17.0. The molecule has 0 unspecified atom stereocenters. The molecular weight excluding hydrogens is 338 g/mol.